The fraction of sp³-hybridized carbons (Fsp3) is 0.120. The second-order valence-electron chi connectivity index (χ2n) is 6.89. The van der Waals surface area contributed by atoms with E-state index in [4.69, 9.17) is 22.3 Å². The maximum atomic E-state index is 6.32. The van der Waals surface area contributed by atoms with Gasteiger partial charge in [-0.25, -0.2) is 15.0 Å². The van der Waals surface area contributed by atoms with E-state index in [0.717, 1.165) is 34.9 Å². The van der Waals surface area contributed by atoms with E-state index in [-0.39, 0.29) is 0 Å². The molecule has 3 aromatic rings. The number of benzene rings is 2. The monoisotopic (exact) mass is 459 g/mol. The number of hydrogen-bond donors (Lipinski definition) is 2. The molecule has 0 radical (unpaired) electrons. The molecule has 1 aliphatic rings. The van der Waals surface area contributed by atoms with Gasteiger partial charge in [-0.3, -0.25) is 9.89 Å². The molecular formula is C25H26ClN7. The number of rotatable bonds is 5. The number of nitrogen functional groups attached to an aromatic ring is 1. The van der Waals surface area contributed by atoms with Crippen LogP contribution in [0.15, 0.2) is 78.0 Å². The van der Waals surface area contributed by atoms with Gasteiger partial charge in [0.1, 0.15) is 23.8 Å². The molecule has 7 nitrogen and oxygen atoms in total. The third-order valence-electron chi connectivity index (χ3n) is 4.84. The average molecular weight is 460 g/mol. The first-order valence-electron chi connectivity index (χ1n) is 10.3. The minimum atomic E-state index is 0.400. The quantitative estimate of drug-likeness (QED) is 0.358. The van der Waals surface area contributed by atoms with Crippen LogP contribution in [-0.2, 0) is 0 Å². The molecule has 0 amide bonds. The van der Waals surface area contributed by atoms with E-state index in [0.29, 0.717) is 22.2 Å². The first kappa shape index (κ1) is 23.7. The first-order valence-corrected chi connectivity index (χ1v) is 10.7. The van der Waals surface area contributed by atoms with Gasteiger partial charge in [0, 0.05) is 24.7 Å². The number of fused-ring (bicyclic) bond motifs is 1. The molecule has 0 atom stereocenters. The van der Waals surface area contributed by atoms with Crippen molar-refractivity contribution in [3.8, 4) is 0 Å². The van der Waals surface area contributed by atoms with Crippen molar-refractivity contribution >= 4 is 58.6 Å². The Bertz CT molecular complexity index is 1200. The fourth-order valence-electron chi connectivity index (χ4n) is 3.32. The highest BCUT2D eigenvalue weighted by Crippen LogP contribution is 2.40. The Morgan fingerprint density at radius 3 is 2.58 bits per heavy atom. The summed E-state index contributed by atoms with van der Waals surface area (Å²) in [6.45, 7) is 9.94. The van der Waals surface area contributed by atoms with E-state index >= 15 is 0 Å². The van der Waals surface area contributed by atoms with Crippen molar-refractivity contribution in [3.63, 3.8) is 0 Å². The lowest BCUT2D eigenvalue weighted by Gasteiger charge is -2.32. The number of hydrogen-bond acceptors (Lipinski definition) is 6. The van der Waals surface area contributed by atoms with Gasteiger partial charge in [0.25, 0.3) is 0 Å². The average Bonchev–Trinajstić information content (AvgIpc) is 2.83. The summed E-state index contributed by atoms with van der Waals surface area (Å²) in [6, 6.07) is 15.9. The van der Waals surface area contributed by atoms with Crippen LogP contribution < -0.4 is 16.0 Å². The van der Waals surface area contributed by atoms with Crippen LogP contribution in [-0.4, -0.2) is 29.2 Å². The number of anilines is 3. The molecule has 2 heterocycles. The van der Waals surface area contributed by atoms with Crippen LogP contribution in [0.25, 0.3) is 11.8 Å². The third-order valence-corrected chi connectivity index (χ3v) is 5.15. The molecule has 0 fully saturated rings. The zero-order chi connectivity index (χ0) is 23.8. The number of aromatic nitrogens is 2. The first-order chi connectivity index (χ1) is 16.0. The Hall–Kier alpha value is -3.97. The predicted molar refractivity (Wildman–Crippen MR) is 141 cm³/mol. The minimum absolute atomic E-state index is 0.400. The maximum Gasteiger partial charge on any atom is 0.143 e. The number of nitrogens with two attached hydrogens (primary N) is 1. The van der Waals surface area contributed by atoms with Crippen LogP contribution in [0, 0.1) is 0 Å². The van der Waals surface area contributed by atoms with E-state index in [1.54, 1.807) is 13.1 Å². The van der Waals surface area contributed by atoms with Crippen molar-refractivity contribution in [1.29, 1.82) is 0 Å². The van der Waals surface area contributed by atoms with E-state index in [1.807, 2.05) is 36.4 Å². The predicted octanol–water partition coefficient (Wildman–Crippen LogP) is 6.04. The summed E-state index contributed by atoms with van der Waals surface area (Å²) in [5.74, 6) is 1.99. The van der Waals surface area contributed by atoms with E-state index < -0.39 is 0 Å². The topological polar surface area (TPSA) is 91.8 Å². The molecule has 0 unspecified atom stereocenters. The zero-order valence-corrected chi connectivity index (χ0v) is 19.4. The molecule has 1 aromatic heterocycles. The molecule has 0 saturated carbocycles. The van der Waals surface area contributed by atoms with Crippen LogP contribution in [0.1, 0.15) is 24.5 Å². The summed E-state index contributed by atoms with van der Waals surface area (Å²) in [5.41, 5.74) is 10.0. The number of nitrogens with zero attached hydrogens (tertiary/aromatic N) is 5. The van der Waals surface area contributed by atoms with Crippen molar-refractivity contribution < 1.29 is 0 Å². The number of amidine groups is 1. The van der Waals surface area contributed by atoms with Gasteiger partial charge in [-0.2, -0.15) is 0 Å². The van der Waals surface area contributed by atoms with Crippen LogP contribution in [0.2, 0.25) is 5.02 Å². The number of aliphatic imine (C=N–C) groups is 2. The van der Waals surface area contributed by atoms with Gasteiger partial charge < -0.3 is 11.1 Å². The molecule has 168 valence electrons. The second kappa shape index (κ2) is 11.1. The normalized spacial score (nSPS) is 12.5. The lowest BCUT2D eigenvalue weighted by Crippen LogP contribution is -2.30. The van der Waals surface area contributed by atoms with Crippen molar-refractivity contribution in [2.24, 2.45) is 9.98 Å². The molecule has 0 saturated heterocycles. The van der Waals surface area contributed by atoms with Crippen molar-refractivity contribution in [2.75, 3.05) is 23.0 Å². The lowest BCUT2D eigenvalue weighted by atomic mass is 10.1. The molecule has 2 aromatic carbocycles. The van der Waals surface area contributed by atoms with Gasteiger partial charge >= 0.3 is 0 Å². The Morgan fingerprint density at radius 2 is 1.91 bits per heavy atom. The van der Waals surface area contributed by atoms with Gasteiger partial charge in [0.05, 0.1) is 28.3 Å². The summed E-state index contributed by atoms with van der Waals surface area (Å²) >= 11 is 6.32. The summed E-state index contributed by atoms with van der Waals surface area (Å²) in [5, 5.41) is 3.55. The maximum absolute atomic E-state index is 6.32. The van der Waals surface area contributed by atoms with Gasteiger partial charge in [0.15, 0.2) is 0 Å². The molecule has 4 rings (SSSR count). The largest absolute Gasteiger partial charge is 0.383 e. The molecule has 0 bridgehead atoms. The highest BCUT2D eigenvalue weighted by molar-refractivity contribution is 6.34. The summed E-state index contributed by atoms with van der Waals surface area (Å²) in [7, 11) is 1.66. The molecule has 0 aliphatic carbocycles. The standard InChI is InChI=1S/C17H15ClN2.C8H11N5/c1-3-16-19-15-11-7-10-14(18)17(15)12(2)20(16)13-8-5-4-6-9-13;1-3-6-7(9)11-5-13-8(6)12-4-10-2/h4-11H,2-3H2,1H3;3-5H,1H2,2H3,(H3,9,10,11,12,13). The molecule has 8 heteroatoms. The molecule has 0 spiro atoms. The van der Waals surface area contributed by atoms with Gasteiger partial charge in [0.2, 0.25) is 0 Å². The number of para-hydroxylation sites is 1. The van der Waals surface area contributed by atoms with Crippen molar-refractivity contribution in [3.05, 3.63) is 84.2 Å². The van der Waals surface area contributed by atoms with E-state index in [1.165, 1.54) is 12.7 Å². The Labute approximate surface area is 199 Å². The molecule has 33 heavy (non-hydrogen) atoms. The fourth-order valence-corrected chi connectivity index (χ4v) is 3.60. The minimum Gasteiger partial charge on any atom is -0.383 e. The molecular weight excluding hydrogens is 434 g/mol. The van der Waals surface area contributed by atoms with E-state index in [2.05, 4.69) is 57.4 Å². The highest BCUT2D eigenvalue weighted by Gasteiger charge is 2.25. The van der Waals surface area contributed by atoms with Crippen molar-refractivity contribution in [1.82, 2.24) is 9.97 Å². The zero-order valence-electron chi connectivity index (χ0n) is 18.7. The SMILES string of the molecule is C=C1c2c(Cl)cccc2N=C(CC)N1c1ccccc1.C=Cc1c(N)ncnc1NC=NC. The van der Waals surface area contributed by atoms with Gasteiger partial charge in [-0.15, -0.1) is 0 Å². The lowest BCUT2D eigenvalue weighted by molar-refractivity contribution is 1.16. The van der Waals surface area contributed by atoms with Crippen LogP contribution >= 0.6 is 11.6 Å². The summed E-state index contributed by atoms with van der Waals surface area (Å²) in [6.07, 6.45) is 5.34. The third kappa shape index (κ3) is 5.27. The molecule has 3 N–H and O–H groups in total. The van der Waals surface area contributed by atoms with Crippen LogP contribution in [0.3, 0.4) is 0 Å². The summed E-state index contributed by atoms with van der Waals surface area (Å²) < 4.78 is 0. The number of halogens is 1. The Kier molecular flexibility index (Phi) is 7.94. The van der Waals surface area contributed by atoms with Crippen LogP contribution in [0.5, 0.6) is 0 Å². The highest BCUT2D eigenvalue weighted by atomic mass is 35.5. The smallest absolute Gasteiger partial charge is 0.143 e. The summed E-state index contributed by atoms with van der Waals surface area (Å²) in [4.78, 5) is 18.4. The van der Waals surface area contributed by atoms with E-state index in [9.17, 15) is 0 Å². The Balaban J connectivity index is 0.000000205. The second-order valence-corrected chi connectivity index (χ2v) is 7.30. The Morgan fingerprint density at radius 1 is 1.15 bits per heavy atom. The molecule has 1 aliphatic heterocycles. The van der Waals surface area contributed by atoms with Crippen molar-refractivity contribution in [2.45, 2.75) is 13.3 Å². The van der Waals surface area contributed by atoms with Gasteiger partial charge in [-0.05, 0) is 24.3 Å². The van der Waals surface area contributed by atoms with Crippen LogP contribution in [0.4, 0.5) is 23.0 Å². The van der Waals surface area contributed by atoms with Gasteiger partial charge in [-0.1, -0.05) is 62.0 Å². The number of nitrogens with one attached hydrogen (secondary N) is 1.